The molecule has 1 aromatic heterocycles. The highest BCUT2D eigenvalue weighted by atomic mass is 16.4. The van der Waals surface area contributed by atoms with Crippen molar-refractivity contribution in [2.45, 2.75) is 25.7 Å². The van der Waals surface area contributed by atoms with E-state index >= 15 is 0 Å². The number of nitrogens with zero attached hydrogens (tertiary/aromatic N) is 1. The number of nitrogens with two attached hydrogens (primary N) is 1. The van der Waals surface area contributed by atoms with Crippen molar-refractivity contribution in [2.24, 2.45) is 11.7 Å². The van der Waals surface area contributed by atoms with Crippen molar-refractivity contribution in [3.63, 3.8) is 0 Å². The minimum atomic E-state index is -1.06. The van der Waals surface area contributed by atoms with Crippen LogP contribution in [-0.2, 0) is 9.59 Å². The average molecular weight is 288 g/mol. The van der Waals surface area contributed by atoms with Gasteiger partial charge in [-0.2, -0.15) is 0 Å². The summed E-state index contributed by atoms with van der Waals surface area (Å²) in [5.41, 5.74) is 6.19. The summed E-state index contributed by atoms with van der Waals surface area (Å²) >= 11 is 0. The molecule has 110 valence electrons. The topological polar surface area (TPSA) is 110 Å². The first kappa shape index (κ1) is 14.9. The number of primary amides is 1. The van der Waals surface area contributed by atoms with Crippen LogP contribution < -0.4 is 5.73 Å². The monoisotopic (exact) mass is 288 g/mol. The Balaban J connectivity index is 0.000000225. The standard InChI is InChI=1S/C11H9NO3.C4H7NO/c13-8-4-3-7(6-8)9-2-1-5-12-10(9)11(14)15;5-4(6)3-1-2-3/h1-2,5-6H,3-4H2,(H,14,15);3H,1-2H2,(H2,5,6). The number of carbonyl (C=O) groups excluding carboxylic acids is 2. The van der Waals surface area contributed by atoms with E-state index in [1.165, 1.54) is 12.3 Å². The van der Waals surface area contributed by atoms with Crippen LogP contribution in [0.25, 0.3) is 5.57 Å². The number of rotatable bonds is 3. The molecule has 0 atom stereocenters. The lowest BCUT2D eigenvalue weighted by Crippen LogP contribution is -2.11. The summed E-state index contributed by atoms with van der Waals surface area (Å²) in [6.45, 7) is 0. The van der Waals surface area contributed by atoms with Gasteiger partial charge in [0.15, 0.2) is 11.5 Å². The van der Waals surface area contributed by atoms with Gasteiger partial charge in [0.1, 0.15) is 0 Å². The lowest BCUT2D eigenvalue weighted by Gasteiger charge is -2.04. The number of hydrogen-bond donors (Lipinski definition) is 2. The lowest BCUT2D eigenvalue weighted by atomic mass is 10.0. The molecule has 21 heavy (non-hydrogen) atoms. The second-order valence-corrected chi connectivity index (χ2v) is 5.02. The molecule has 1 amide bonds. The number of carboxylic acid groups (broad SMARTS) is 1. The summed E-state index contributed by atoms with van der Waals surface area (Å²) in [4.78, 5) is 35.7. The first-order chi connectivity index (χ1) is 9.99. The molecule has 1 aromatic rings. The van der Waals surface area contributed by atoms with Crippen molar-refractivity contribution >= 4 is 23.2 Å². The molecule has 3 rings (SSSR count). The number of pyridine rings is 1. The molecular weight excluding hydrogens is 272 g/mol. The molecule has 6 heteroatoms. The summed E-state index contributed by atoms with van der Waals surface area (Å²) in [5, 5.41) is 8.92. The zero-order valence-electron chi connectivity index (χ0n) is 11.4. The fourth-order valence-corrected chi connectivity index (χ4v) is 2.01. The Morgan fingerprint density at radius 3 is 2.43 bits per heavy atom. The Labute approximate surface area is 121 Å². The zero-order valence-corrected chi connectivity index (χ0v) is 11.4. The van der Waals surface area contributed by atoms with Gasteiger partial charge in [-0.1, -0.05) is 6.07 Å². The normalized spacial score (nSPS) is 16.8. The maximum absolute atomic E-state index is 11.1. The minimum Gasteiger partial charge on any atom is -0.476 e. The van der Waals surface area contributed by atoms with E-state index < -0.39 is 5.97 Å². The number of amides is 1. The molecule has 0 aliphatic heterocycles. The van der Waals surface area contributed by atoms with Crippen LogP contribution in [0.4, 0.5) is 0 Å². The molecule has 0 unspecified atom stereocenters. The maximum atomic E-state index is 11.1. The first-order valence-electron chi connectivity index (χ1n) is 6.70. The predicted molar refractivity (Wildman–Crippen MR) is 75.3 cm³/mol. The Hall–Kier alpha value is -2.50. The molecule has 0 aromatic carbocycles. The van der Waals surface area contributed by atoms with Gasteiger partial charge in [0.05, 0.1) is 0 Å². The highest BCUT2D eigenvalue weighted by Crippen LogP contribution is 2.28. The van der Waals surface area contributed by atoms with Crippen LogP contribution in [0.5, 0.6) is 0 Å². The quantitative estimate of drug-likeness (QED) is 0.873. The van der Waals surface area contributed by atoms with Gasteiger partial charge in [-0.15, -0.1) is 0 Å². The van der Waals surface area contributed by atoms with Crippen LogP contribution in [0.3, 0.4) is 0 Å². The fourth-order valence-electron chi connectivity index (χ4n) is 2.01. The molecule has 0 spiro atoms. The van der Waals surface area contributed by atoms with Crippen LogP contribution >= 0.6 is 0 Å². The van der Waals surface area contributed by atoms with Crippen molar-refractivity contribution in [3.8, 4) is 0 Å². The third-order valence-electron chi connectivity index (χ3n) is 3.31. The van der Waals surface area contributed by atoms with E-state index in [0.29, 0.717) is 18.4 Å². The summed E-state index contributed by atoms with van der Waals surface area (Å²) in [7, 11) is 0. The smallest absolute Gasteiger partial charge is 0.355 e. The minimum absolute atomic E-state index is 0.0125. The molecule has 0 bridgehead atoms. The number of carboxylic acids is 1. The predicted octanol–water partition coefficient (Wildman–Crippen LogP) is 1.41. The second kappa shape index (κ2) is 6.30. The zero-order chi connectivity index (χ0) is 15.4. The van der Waals surface area contributed by atoms with E-state index in [9.17, 15) is 14.4 Å². The van der Waals surface area contributed by atoms with E-state index in [1.807, 2.05) is 0 Å². The van der Waals surface area contributed by atoms with E-state index in [-0.39, 0.29) is 23.3 Å². The second-order valence-electron chi connectivity index (χ2n) is 5.02. The number of aromatic carboxylic acids is 1. The number of carbonyl (C=O) groups is 3. The first-order valence-corrected chi connectivity index (χ1v) is 6.70. The van der Waals surface area contributed by atoms with Gasteiger partial charge in [-0.3, -0.25) is 9.59 Å². The highest BCUT2D eigenvalue weighted by Gasteiger charge is 2.26. The molecule has 2 aliphatic rings. The Morgan fingerprint density at radius 1 is 1.29 bits per heavy atom. The van der Waals surface area contributed by atoms with E-state index in [2.05, 4.69) is 4.98 Å². The third kappa shape index (κ3) is 3.98. The van der Waals surface area contributed by atoms with E-state index in [1.54, 1.807) is 12.1 Å². The van der Waals surface area contributed by atoms with Crippen molar-refractivity contribution in [2.75, 3.05) is 0 Å². The Bertz CT molecular complexity index is 618. The van der Waals surface area contributed by atoms with Gasteiger partial charge in [0, 0.05) is 24.1 Å². The van der Waals surface area contributed by atoms with Crippen LogP contribution in [0.15, 0.2) is 24.4 Å². The number of ketones is 1. The number of hydrogen-bond acceptors (Lipinski definition) is 4. The van der Waals surface area contributed by atoms with Crippen molar-refractivity contribution in [1.29, 1.82) is 0 Å². The summed E-state index contributed by atoms with van der Waals surface area (Å²) in [6.07, 6.45) is 6.05. The van der Waals surface area contributed by atoms with Crippen LogP contribution in [0.1, 0.15) is 41.7 Å². The van der Waals surface area contributed by atoms with Crippen LogP contribution in [0.2, 0.25) is 0 Å². The van der Waals surface area contributed by atoms with Gasteiger partial charge >= 0.3 is 5.97 Å². The van der Waals surface area contributed by atoms with E-state index in [4.69, 9.17) is 10.8 Å². The third-order valence-corrected chi connectivity index (χ3v) is 3.31. The molecule has 0 saturated heterocycles. The fraction of sp³-hybridized carbons (Fsp3) is 0.333. The molecule has 1 fully saturated rings. The largest absolute Gasteiger partial charge is 0.476 e. The van der Waals surface area contributed by atoms with Crippen LogP contribution in [-0.4, -0.2) is 27.8 Å². The van der Waals surface area contributed by atoms with Crippen molar-refractivity contribution < 1.29 is 19.5 Å². The number of allylic oxidation sites excluding steroid dienone is 2. The number of aromatic nitrogens is 1. The Morgan fingerprint density at radius 2 is 2.00 bits per heavy atom. The highest BCUT2D eigenvalue weighted by molar-refractivity contribution is 6.04. The summed E-state index contributed by atoms with van der Waals surface area (Å²) in [6, 6.07) is 3.35. The van der Waals surface area contributed by atoms with Gasteiger partial charge < -0.3 is 10.8 Å². The Kier molecular flexibility index (Phi) is 4.47. The van der Waals surface area contributed by atoms with Gasteiger partial charge in [0.2, 0.25) is 5.91 Å². The van der Waals surface area contributed by atoms with Crippen molar-refractivity contribution in [1.82, 2.24) is 4.98 Å². The molecule has 2 aliphatic carbocycles. The molecule has 0 radical (unpaired) electrons. The maximum Gasteiger partial charge on any atom is 0.355 e. The molecule has 1 saturated carbocycles. The van der Waals surface area contributed by atoms with Crippen LogP contribution in [0, 0.1) is 5.92 Å². The van der Waals surface area contributed by atoms with Crippen molar-refractivity contribution in [3.05, 3.63) is 35.7 Å². The van der Waals surface area contributed by atoms with E-state index in [0.717, 1.165) is 18.4 Å². The summed E-state index contributed by atoms with van der Waals surface area (Å²) in [5.74, 6) is -0.906. The SMILES string of the molecule is NC(=O)C1CC1.O=C1C=C(c2cccnc2C(=O)O)CC1. The molecular formula is C15H16N2O4. The molecule has 1 heterocycles. The average Bonchev–Trinajstić information content (AvgIpc) is 3.22. The van der Waals surface area contributed by atoms with Gasteiger partial charge in [-0.25, -0.2) is 9.78 Å². The molecule has 3 N–H and O–H groups in total. The summed E-state index contributed by atoms with van der Waals surface area (Å²) < 4.78 is 0. The van der Waals surface area contributed by atoms with Gasteiger partial charge in [0.25, 0.3) is 0 Å². The van der Waals surface area contributed by atoms with Gasteiger partial charge in [-0.05, 0) is 37.0 Å². The molecule has 6 nitrogen and oxygen atoms in total. The lowest BCUT2D eigenvalue weighted by molar-refractivity contribution is -0.119.